The summed E-state index contributed by atoms with van der Waals surface area (Å²) in [5, 5.41) is 3.47. The van der Waals surface area contributed by atoms with E-state index in [1.807, 2.05) is 11.3 Å². The maximum atomic E-state index is 3.47. The number of hydrogen-bond donors (Lipinski definition) is 1. The van der Waals surface area contributed by atoms with E-state index in [4.69, 9.17) is 0 Å². The molecule has 0 saturated heterocycles. The van der Waals surface area contributed by atoms with Crippen LogP contribution in [0.1, 0.15) is 30.0 Å². The fourth-order valence-electron chi connectivity index (χ4n) is 1.40. The molecule has 0 spiro atoms. The van der Waals surface area contributed by atoms with Gasteiger partial charge in [-0.15, -0.1) is 11.3 Å². The topological polar surface area (TPSA) is 12.0 Å². The van der Waals surface area contributed by atoms with Gasteiger partial charge in [0.15, 0.2) is 0 Å². The van der Waals surface area contributed by atoms with Crippen LogP contribution in [0.2, 0.25) is 0 Å². The Balaban J connectivity index is 2.04. The molecule has 0 aliphatic rings. The number of thiophene rings is 1. The maximum Gasteiger partial charge on any atom is 0.00485 e. The van der Waals surface area contributed by atoms with Gasteiger partial charge in [-0.25, -0.2) is 0 Å². The second kappa shape index (κ2) is 6.20. The molecule has 0 unspecified atom stereocenters. The molecule has 80 valence electrons. The normalized spacial score (nSPS) is 11.1. The molecule has 0 radical (unpaired) electrons. The first-order valence-corrected chi connectivity index (χ1v) is 6.26. The summed E-state index contributed by atoms with van der Waals surface area (Å²) in [5.41, 5.74) is 0. The molecule has 0 amide bonds. The molecule has 1 nitrogen and oxygen atoms in total. The highest BCUT2D eigenvalue weighted by molar-refractivity contribution is 7.11. The third-order valence-electron chi connectivity index (χ3n) is 2.13. The van der Waals surface area contributed by atoms with E-state index in [1.165, 1.54) is 22.6 Å². The van der Waals surface area contributed by atoms with Crippen molar-refractivity contribution < 1.29 is 0 Å². The largest absolute Gasteiger partial charge is 0.316 e. The lowest BCUT2D eigenvalue weighted by atomic mass is 10.2. The summed E-state index contributed by atoms with van der Waals surface area (Å²) in [5.74, 6) is 0.763. The van der Waals surface area contributed by atoms with Crippen LogP contribution in [-0.4, -0.2) is 13.1 Å². The summed E-state index contributed by atoms with van der Waals surface area (Å²) in [6, 6.07) is 4.46. The van der Waals surface area contributed by atoms with Crippen molar-refractivity contribution in [1.29, 1.82) is 0 Å². The van der Waals surface area contributed by atoms with Crippen molar-refractivity contribution in [3.05, 3.63) is 21.9 Å². The van der Waals surface area contributed by atoms with Crippen LogP contribution >= 0.6 is 11.3 Å². The summed E-state index contributed by atoms with van der Waals surface area (Å²) >= 11 is 1.92. The summed E-state index contributed by atoms with van der Waals surface area (Å²) in [6.45, 7) is 8.95. The van der Waals surface area contributed by atoms with Crippen LogP contribution in [0.4, 0.5) is 0 Å². The lowest BCUT2D eigenvalue weighted by Crippen LogP contribution is -2.20. The number of rotatable bonds is 6. The van der Waals surface area contributed by atoms with Gasteiger partial charge in [-0.2, -0.15) is 0 Å². The average Bonchev–Trinajstić information content (AvgIpc) is 2.50. The number of nitrogens with one attached hydrogen (secondary N) is 1. The van der Waals surface area contributed by atoms with Crippen molar-refractivity contribution in [2.75, 3.05) is 13.1 Å². The van der Waals surface area contributed by atoms with Gasteiger partial charge in [0.2, 0.25) is 0 Å². The van der Waals surface area contributed by atoms with Gasteiger partial charge in [0, 0.05) is 9.75 Å². The van der Waals surface area contributed by atoms with Crippen LogP contribution in [0.5, 0.6) is 0 Å². The minimum absolute atomic E-state index is 0.763. The number of hydrogen-bond acceptors (Lipinski definition) is 2. The molecule has 0 bridgehead atoms. The van der Waals surface area contributed by atoms with Crippen molar-refractivity contribution in [2.24, 2.45) is 5.92 Å². The van der Waals surface area contributed by atoms with Gasteiger partial charge < -0.3 is 5.32 Å². The fraction of sp³-hybridized carbons (Fsp3) is 0.667. The summed E-state index contributed by atoms with van der Waals surface area (Å²) in [6.07, 6.45) is 2.48. The van der Waals surface area contributed by atoms with Crippen molar-refractivity contribution >= 4 is 11.3 Å². The third kappa shape index (κ3) is 4.77. The van der Waals surface area contributed by atoms with E-state index in [-0.39, 0.29) is 0 Å². The first-order valence-electron chi connectivity index (χ1n) is 5.44. The highest BCUT2D eigenvalue weighted by Crippen LogP contribution is 2.16. The van der Waals surface area contributed by atoms with Crippen molar-refractivity contribution in [3.63, 3.8) is 0 Å². The Hall–Kier alpha value is -0.340. The molecule has 2 heteroatoms. The molecule has 1 aromatic rings. The van der Waals surface area contributed by atoms with Crippen LogP contribution in [0, 0.1) is 12.8 Å². The maximum absolute atomic E-state index is 3.47. The Morgan fingerprint density at radius 2 is 2.14 bits per heavy atom. The molecule has 0 aliphatic carbocycles. The van der Waals surface area contributed by atoms with Gasteiger partial charge >= 0.3 is 0 Å². The zero-order valence-corrected chi connectivity index (χ0v) is 10.3. The molecular weight excluding hydrogens is 190 g/mol. The predicted molar refractivity (Wildman–Crippen MR) is 65.1 cm³/mol. The van der Waals surface area contributed by atoms with Gasteiger partial charge in [-0.05, 0) is 50.9 Å². The van der Waals surface area contributed by atoms with E-state index < -0.39 is 0 Å². The zero-order chi connectivity index (χ0) is 10.4. The van der Waals surface area contributed by atoms with E-state index >= 15 is 0 Å². The smallest absolute Gasteiger partial charge is 0.00485 e. The SMILES string of the molecule is Cc1ccc(CCCNCC(C)C)s1. The Morgan fingerprint density at radius 3 is 2.71 bits per heavy atom. The molecule has 0 aliphatic heterocycles. The van der Waals surface area contributed by atoms with E-state index in [2.05, 4.69) is 38.2 Å². The Morgan fingerprint density at radius 1 is 1.36 bits per heavy atom. The first-order chi connectivity index (χ1) is 6.68. The molecule has 0 fully saturated rings. The first kappa shape index (κ1) is 11.7. The summed E-state index contributed by atoms with van der Waals surface area (Å²) in [7, 11) is 0. The minimum Gasteiger partial charge on any atom is -0.316 e. The Kier molecular flexibility index (Phi) is 5.20. The zero-order valence-electron chi connectivity index (χ0n) is 9.47. The quantitative estimate of drug-likeness (QED) is 0.712. The Labute approximate surface area is 91.5 Å². The third-order valence-corrected chi connectivity index (χ3v) is 3.19. The second-order valence-corrected chi connectivity index (χ2v) is 5.59. The van der Waals surface area contributed by atoms with Crippen molar-refractivity contribution in [3.8, 4) is 0 Å². The molecular formula is C12H21NS. The monoisotopic (exact) mass is 211 g/mol. The second-order valence-electron chi connectivity index (χ2n) is 4.21. The molecule has 0 saturated carbocycles. The molecule has 1 heterocycles. The molecule has 0 atom stereocenters. The van der Waals surface area contributed by atoms with Crippen LogP contribution < -0.4 is 5.32 Å². The molecule has 1 N–H and O–H groups in total. The van der Waals surface area contributed by atoms with Gasteiger partial charge in [0.05, 0.1) is 0 Å². The highest BCUT2D eigenvalue weighted by Gasteiger charge is 1.97. The minimum atomic E-state index is 0.763. The fourth-order valence-corrected chi connectivity index (χ4v) is 2.33. The van der Waals surface area contributed by atoms with Gasteiger partial charge in [0.1, 0.15) is 0 Å². The van der Waals surface area contributed by atoms with Gasteiger partial charge in [0.25, 0.3) is 0 Å². The standard InChI is InChI=1S/C12H21NS/c1-10(2)9-13-8-4-5-12-7-6-11(3)14-12/h6-7,10,13H,4-5,8-9H2,1-3H3. The molecule has 0 aromatic carbocycles. The van der Waals surface area contributed by atoms with E-state index in [0.717, 1.165) is 19.0 Å². The molecule has 1 rings (SSSR count). The van der Waals surface area contributed by atoms with Crippen LogP contribution in [0.3, 0.4) is 0 Å². The summed E-state index contributed by atoms with van der Waals surface area (Å²) < 4.78 is 0. The van der Waals surface area contributed by atoms with Crippen molar-refractivity contribution in [1.82, 2.24) is 5.32 Å². The predicted octanol–water partition coefficient (Wildman–Crippen LogP) is 3.23. The lowest BCUT2D eigenvalue weighted by Gasteiger charge is -2.06. The van der Waals surface area contributed by atoms with E-state index in [9.17, 15) is 0 Å². The summed E-state index contributed by atoms with van der Waals surface area (Å²) in [4.78, 5) is 2.95. The van der Waals surface area contributed by atoms with Crippen LogP contribution in [0.15, 0.2) is 12.1 Å². The highest BCUT2D eigenvalue weighted by atomic mass is 32.1. The lowest BCUT2D eigenvalue weighted by molar-refractivity contribution is 0.544. The van der Waals surface area contributed by atoms with Crippen LogP contribution in [-0.2, 0) is 6.42 Å². The van der Waals surface area contributed by atoms with E-state index in [1.54, 1.807) is 0 Å². The molecule has 14 heavy (non-hydrogen) atoms. The average molecular weight is 211 g/mol. The van der Waals surface area contributed by atoms with Crippen molar-refractivity contribution in [2.45, 2.75) is 33.6 Å². The number of aryl methyl sites for hydroxylation is 2. The van der Waals surface area contributed by atoms with Crippen LogP contribution in [0.25, 0.3) is 0 Å². The van der Waals surface area contributed by atoms with Gasteiger partial charge in [-0.1, -0.05) is 13.8 Å². The molecule has 1 aromatic heterocycles. The Bertz CT molecular complexity index is 253. The van der Waals surface area contributed by atoms with Gasteiger partial charge in [-0.3, -0.25) is 0 Å². The van der Waals surface area contributed by atoms with E-state index in [0.29, 0.717) is 0 Å².